The monoisotopic (exact) mass is 516 g/mol. The number of ketones is 1. The fraction of sp³-hybridized carbons (Fsp3) is 0.500. The number of unbranched alkanes of at least 4 members (excludes halogenated alkanes) is 1. The maximum Gasteiger partial charge on any atom is 0.305 e. The predicted molar refractivity (Wildman–Crippen MR) is 141 cm³/mol. The Hall–Kier alpha value is -2.17. The van der Waals surface area contributed by atoms with Crippen molar-refractivity contribution in [3.05, 3.63) is 40.2 Å². The highest BCUT2D eigenvalue weighted by atomic mass is 35.5. The molecule has 188 valence electrons. The quantitative estimate of drug-likeness (QED) is 0.269. The number of methoxy groups -OCH3 is 1. The van der Waals surface area contributed by atoms with Crippen LogP contribution < -0.4 is 0 Å². The zero-order valence-corrected chi connectivity index (χ0v) is 22.2. The molecule has 2 N–H and O–H groups in total. The third-order valence-corrected chi connectivity index (χ3v) is 8.51. The number of fused-ring (bicyclic) bond motifs is 1. The van der Waals surface area contributed by atoms with Gasteiger partial charge in [-0.2, -0.15) is 0 Å². The Morgan fingerprint density at radius 1 is 1.31 bits per heavy atom. The molecule has 0 radical (unpaired) electrons. The number of Topliss-reactive ketones (excluding diaryl/α,β-unsaturated/α-hetero) is 1. The first kappa shape index (κ1) is 27.4. The van der Waals surface area contributed by atoms with Crippen molar-refractivity contribution in [2.75, 3.05) is 7.11 Å². The fourth-order valence-electron chi connectivity index (χ4n) is 4.62. The van der Waals surface area contributed by atoms with Gasteiger partial charge < -0.3 is 14.9 Å². The van der Waals surface area contributed by atoms with Crippen molar-refractivity contribution in [3.63, 3.8) is 0 Å². The van der Waals surface area contributed by atoms with Crippen LogP contribution in [0.1, 0.15) is 57.8 Å². The van der Waals surface area contributed by atoms with E-state index in [-0.39, 0.29) is 18.2 Å². The molecule has 0 saturated heterocycles. The van der Waals surface area contributed by atoms with Crippen LogP contribution in [0.25, 0.3) is 15.7 Å². The molecular formula is C28H33ClO5S. The molecular weight excluding hydrogens is 484 g/mol. The number of aliphatic hydroxyl groups excluding tert-OH is 2. The Labute approximate surface area is 216 Å². The maximum absolute atomic E-state index is 13.4. The number of carbonyl (C=O) groups excluding carboxylic acids is 2. The molecule has 0 aliphatic heterocycles. The van der Waals surface area contributed by atoms with E-state index in [4.69, 9.17) is 11.6 Å². The highest BCUT2D eigenvalue weighted by molar-refractivity contribution is 7.20. The van der Waals surface area contributed by atoms with Crippen LogP contribution in [0.5, 0.6) is 0 Å². The number of thiophene rings is 1. The first-order chi connectivity index (χ1) is 16.6. The minimum Gasteiger partial charge on any atom is -0.469 e. The van der Waals surface area contributed by atoms with Gasteiger partial charge in [0, 0.05) is 41.2 Å². The van der Waals surface area contributed by atoms with Crippen LogP contribution in [0.3, 0.4) is 0 Å². The number of esters is 1. The molecule has 1 aliphatic rings. The van der Waals surface area contributed by atoms with Crippen molar-refractivity contribution in [1.29, 1.82) is 0 Å². The first-order valence-corrected chi connectivity index (χ1v) is 13.1. The van der Waals surface area contributed by atoms with Crippen LogP contribution in [0.2, 0.25) is 5.02 Å². The summed E-state index contributed by atoms with van der Waals surface area (Å²) < 4.78 is 5.65. The van der Waals surface area contributed by atoms with E-state index in [0.29, 0.717) is 36.3 Å². The van der Waals surface area contributed by atoms with Gasteiger partial charge in [0.25, 0.3) is 0 Å². The van der Waals surface area contributed by atoms with Crippen molar-refractivity contribution in [2.24, 2.45) is 17.3 Å². The van der Waals surface area contributed by atoms with E-state index in [9.17, 15) is 19.8 Å². The SMILES string of the molecule is CC[C@H](O)/C=C(/c1sc2ccccc2c1Cl)[C@H]1[C@@H](CC#CCCCC(=O)OC)C(=O)C(C)(C)[C@H]1O. The number of ether oxygens (including phenoxy) is 1. The van der Waals surface area contributed by atoms with E-state index in [1.807, 2.05) is 31.2 Å². The maximum atomic E-state index is 13.4. The molecule has 0 amide bonds. The molecule has 1 aromatic carbocycles. The number of rotatable bonds is 8. The van der Waals surface area contributed by atoms with Gasteiger partial charge in [0.15, 0.2) is 0 Å². The number of hydrogen-bond donors (Lipinski definition) is 2. The van der Waals surface area contributed by atoms with Gasteiger partial charge in [-0.15, -0.1) is 23.2 Å². The summed E-state index contributed by atoms with van der Waals surface area (Å²) in [6, 6.07) is 7.80. The highest BCUT2D eigenvalue weighted by Gasteiger charge is 2.55. The summed E-state index contributed by atoms with van der Waals surface area (Å²) in [5.74, 6) is 4.75. The van der Waals surface area contributed by atoms with Gasteiger partial charge in [-0.25, -0.2) is 0 Å². The molecule has 2 aromatic rings. The number of halogens is 1. The topological polar surface area (TPSA) is 83.8 Å². The molecule has 0 unspecified atom stereocenters. The van der Waals surface area contributed by atoms with Gasteiger partial charge in [0.2, 0.25) is 0 Å². The molecule has 0 spiro atoms. The van der Waals surface area contributed by atoms with E-state index in [1.165, 1.54) is 18.4 Å². The molecule has 1 aliphatic carbocycles. The predicted octanol–water partition coefficient (Wildman–Crippen LogP) is 5.65. The second kappa shape index (κ2) is 11.7. The van der Waals surface area contributed by atoms with Crippen LogP contribution >= 0.6 is 22.9 Å². The Morgan fingerprint density at radius 3 is 2.69 bits per heavy atom. The number of aliphatic hydroxyl groups is 2. The minimum absolute atomic E-state index is 0.0482. The van der Waals surface area contributed by atoms with Crippen LogP contribution in [-0.4, -0.2) is 41.3 Å². The largest absolute Gasteiger partial charge is 0.469 e. The summed E-state index contributed by atoms with van der Waals surface area (Å²) in [5.41, 5.74) is -0.254. The second-order valence-corrected chi connectivity index (χ2v) is 10.9. The molecule has 1 fully saturated rings. The van der Waals surface area contributed by atoms with E-state index < -0.39 is 29.5 Å². The van der Waals surface area contributed by atoms with Crippen LogP contribution in [0, 0.1) is 29.1 Å². The average molecular weight is 517 g/mol. The molecule has 4 atom stereocenters. The van der Waals surface area contributed by atoms with E-state index >= 15 is 0 Å². The summed E-state index contributed by atoms with van der Waals surface area (Å²) in [5, 5.41) is 23.4. The van der Waals surface area contributed by atoms with Gasteiger partial charge in [-0.1, -0.05) is 56.6 Å². The van der Waals surface area contributed by atoms with Gasteiger partial charge >= 0.3 is 5.97 Å². The molecule has 5 nitrogen and oxygen atoms in total. The third-order valence-electron chi connectivity index (χ3n) is 6.79. The minimum atomic E-state index is -0.957. The van der Waals surface area contributed by atoms with Gasteiger partial charge in [-0.3, -0.25) is 9.59 Å². The standard InChI is InChI=1S/C28H33ClO5S/c1-5-17(30)16-20(25-24(29)18-12-10-11-14-21(18)35-25)23-19(26(32)28(2,3)27(23)33)13-8-6-7-9-15-22(31)34-4/h10-12,14,16-17,19,23,27,30,33H,5,7,9,13,15H2,1-4H3/b20-16+/t17-,19+,23+,27-/m0/s1. The molecule has 1 saturated carbocycles. The highest BCUT2D eigenvalue weighted by Crippen LogP contribution is 2.52. The normalized spacial score (nSPS) is 22.7. The molecule has 7 heteroatoms. The summed E-state index contributed by atoms with van der Waals surface area (Å²) in [7, 11) is 1.36. The van der Waals surface area contributed by atoms with Gasteiger partial charge in [0.1, 0.15) is 5.78 Å². The fourth-order valence-corrected chi connectivity index (χ4v) is 6.23. The molecule has 3 rings (SSSR count). The molecule has 1 aromatic heterocycles. The first-order valence-electron chi connectivity index (χ1n) is 12.0. The van der Waals surface area contributed by atoms with Crippen molar-refractivity contribution < 1.29 is 24.5 Å². The molecule has 1 heterocycles. The lowest BCUT2D eigenvalue weighted by Crippen LogP contribution is -2.32. The molecule has 35 heavy (non-hydrogen) atoms. The van der Waals surface area contributed by atoms with Crippen LogP contribution in [0.15, 0.2) is 30.3 Å². The zero-order chi connectivity index (χ0) is 25.8. The third kappa shape index (κ3) is 5.81. The molecule has 0 bridgehead atoms. The van der Waals surface area contributed by atoms with E-state index in [0.717, 1.165) is 15.0 Å². The Kier molecular flexibility index (Phi) is 9.17. The van der Waals surface area contributed by atoms with Crippen molar-refractivity contribution in [2.45, 2.75) is 65.1 Å². The Balaban J connectivity index is 1.99. The summed E-state index contributed by atoms with van der Waals surface area (Å²) in [4.78, 5) is 25.5. The van der Waals surface area contributed by atoms with Crippen LogP contribution in [-0.2, 0) is 14.3 Å². The van der Waals surface area contributed by atoms with Crippen molar-refractivity contribution in [3.8, 4) is 11.8 Å². The van der Waals surface area contributed by atoms with Crippen molar-refractivity contribution in [1.82, 2.24) is 0 Å². The average Bonchev–Trinajstić information content (AvgIpc) is 3.26. The zero-order valence-electron chi connectivity index (χ0n) is 20.6. The van der Waals surface area contributed by atoms with Crippen LogP contribution in [0.4, 0.5) is 0 Å². The Morgan fingerprint density at radius 2 is 2.03 bits per heavy atom. The lowest BCUT2D eigenvalue weighted by atomic mass is 9.82. The summed E-state index contributed by atoms with van der Waals surface area (Å²) >= 11 is 8.32. The lowest BCUT2D eigenvalue weighted by molar-refractivity contribution is -0.140. The summed E-state index contributed by atoms with van der Waals surface area (Å²) in [6.07, 6.45) is 2.25. The van der Waals surface area contributed by atoms with Crippen molar-refractivity contribution >= 4 is 50.3 Å². The van der Waals surface area contributed by atoms with Gasteiger partial charge in [0.05, 0.1) is 34.6 Å². The van der Waals surface area contributed by atoms with E-state index in [2.05, 4.69) is 16.6 Å². The smallest absolute Gasteiger partial charge is 0.305 e. The Bertz CT molecular complexity index is 1170. The number of carbonyl (C=O) groups is 2. The number of hydrogen-bond acceptors (Lipinski definition) is 6. The second-order valence-electron chi connectivity index (χ2n) is 9.49. The lowest BCUT2D eigenvalue weighted by Gasteiger charge is -2.27. The summed E-state index contributed by atoms with van der Waals surface area (Å²) in [6.45, 7) is 5.40. The van der Waals surface area contributed by atoms with Gasteiger partial charge in [-0.05, 0) is 24.5 Å². The van der Waals surface area contributed by atoms with E-state index in [1.54, 1.807) is 19.9 Å². The number of benzene rings is 1.